The minimum Gasteiger partial charge on any atom is -0.497 e. The average molecular weight is 614 g/mol. The number of ether oxygens (including phenoxy) is 2. The van der Waals surface area contributed by atoms with Crippen LogP contribution in [0, 0.1) is 5.41 Å². The third kappa shape index (κ3) is 9.66. The minimum absolute atomic E-state index is 0.0154. The van der Waals surface area contributed by atoms with E-state index >= 15 is 0 Å². The zero-order chi connectivity index (χ0) is 32.7. The summed E-state index contributed by atoms with van der Waals surface area (Å²) in [6.07, 6.45) is -5.22. The van der Waals surface area contributed by atoms with Gasteiger partial charge in [-0.25, -0.2) is 0 Å². The van der Waals surface area contributed by atoms with Gasteiger partial charge in [-0.15, -0.1) is 0 Å². The molecule has 0 radical (unpaired) electrons. The van der Waals surface area contributed by atoms with Crippen LogP contribution in [-0.2, 0) is 33.5 Å². The molecule has 0 bridgehead atoms. The SMILES string of the molecule is COc1ccc(CC(=O)Nc2ccc(C(=O)N(CC(=O)OC(C)(C)C)Cc3ccc(C(=N)CO)cc3)cc2)c(C(F)(F)F)c1. The van der Waals surface area contributed by atoms with Gasteiger partial charge in [0.25, 0.3) is 5.91 Å². The van der Waals surface area contributed by atoms with E-state index in [0.717, 1.165) is 6.07 Å². The van der Waals surface area contributed by atoms with Crippen molar-refractivity contribution in [2.45, 2.75) is 45.5 Å². The summed E-state index contributed by atoms with van der Waals surface area (Å²) in [6.45, 7) is 4.38. The number of carbonyl (C=O) groups is 3. The Kier molecular flexibility index (Phi) is 10.9. The summed E-state index contributed by atoms with van der Waals surface area (Å²) in [5.41, 5.74) is -0.298. The lowest BCUT2D eigenvalue weighted by molar-refractivity contribution is -0.155. The second-order valence-electron chi connectivity index (χ2n) is 10.9. The molecule has 3 aromatic carbocycles. The topological polar surface area (TPSA) is 129 Å². The third-order valence-electron chi connectivity index (χ3n) is 6.25. The maximum absolute atomic E-state index is 13.5. The molecular weight excluding hydrogens is 579 g/mol. The van der Waals surface area contributed by atoms with Gasteiger partial charge in [0.05, 0.1) is 31.4 Å². The van der Waals surface area contributed by atoms with Crippen LogP contribution in [0.1, 0.15) is 53.4 Å². The molecule has 0 aliphatic heterocycles. The standard InChI is InChI=1S/C32H34F3N3O6/c1-31(2,3)44-29(41)18-38(17-20-5-7-21(8-6-20)27(36)19-39)30(42)22-9-12-24(13-10-22)37-28(40)15-23-11-14-25(43-4)16-26(23)32(33,34)35/h5-14,16,36,39H,15,17-19H2,1-4H3,(H,37,40). The van der Waals surface area contributed by atoms with Crippen molar-refractivity contribution in [1.82, 2.24) is 4.90 Å². The summed E-state index contributed by atoms with van der Waals surface area (Å²) in [4.78, 5) is 40.0. The molecule has 0 aromatic heterocycles. The average Bonchev–Trinajstić information content (AvgIpc) is 2.95. The highest BCUT2D eigenvalue weighted by atomic mass is 19.4. The molecule has 0 aliphatic rings. The van der Waals surface area contributed by atoms with Crippen molar-refractivity contribution in [2.24, 2.45) is 0 Å². The van der Waals surface area contributed by atoms with Gasteiger partial charge in [0.1, 0.15) is 17.9 Å². The number of rotatable bonds is 11. The van der Waals surface area contributed by atoms with Gasteiger partial charge < -0.3 is 30.2 Å². The predicted molar refractivity (Wildman–Crippen MR) is 158 cm³/mol. The van der Waals surface area contributed by atoms with E-state index in [2.05, 4.69) is 5.32 Å². The third-order valence-corrected chi connectivity index (χ3v) is 6.25. The van der Waals surface area contributed by atoms with Crippen molar-refractivity contribution in [2.75, 3.05) is 25.6 Å². The Morgan fingerprint density at radius 2 is 1.55 bits per heavy atom. The van der Waals surface area contributed by atoms with Gasteiger partial charge in [-0.2, -0.15) is 13.2 Å². The predicted octanol–water partition coefficient (Wildman–Crippen LogP) is 5.24. The van der Waals surface area contributed by atoms with Gasteiger partial charge in [0, 0.05) is 17.8 Å². The van der Waals surface area contributed by atoms with E-state index in [1.807, 2.05) is 0 Å². The van der Waals surface area contributed by atoms with Crippen LogP contribution in [0.25, 0.3) is 0 Å². The van der Waals surface area contributed by atoms with Crippen LogP contribution >= 0.6 is 0 Å². The molecule has 12 heteroatoms. The number of anilines is 1. The van der Waals surface area contributed by atoms with Gasteiger partial charge in [0.15, 0.2) is 0 Å². The van der Waals surface area contributed by atoms with Crippen molar-refractivity contribution in [3.8, 4) is 5.75 Å². The molecule has 0 spiro atoms. The second kappa shape index (κ2) is 14.2. The lowest BCUT2D eigenvalue weighted by Gasteiger charge is -2.25. The monoisotopic (exact) mass is 613 g/mol. The first kappa shape index (κ1) is 33.8. The van der Waals surface area contributed by atoms with Crippen LogP contribution in [0.3, 0.4) is 0 Å². The van der Waals surface area contributed by atoms with E-state index in [-0.39, 0.29) is 41.4 Å². The Bertz CT molecular complexity index is 1500. The first-order valence-electron chi connectivity index (χ1n) is 13.5. The number of esters is 1. The quantitative estimate of drug-likeness (QED) is 0.201. The Hall–Kier alpha value is -4.71. The van der Waals surface area contributed by atoms with Gasteiger partial charge in [-0.3, -0.25) is 14.4 Å². The van der Waals surface area contributed by atoms with Crippen LogP contribution in [0.5, 0.6) is 5.75 Å². The molecule has 0 saturated carbocycles. The van der Waals surface area contributed by atoms with E-state index in [4.69, 9.17) is 14.9 Å². The van der Waals surface area contributed by atoms with Gasteiger partial charge >= 0.3 is 12.1 Å². The van der Waals surface area contributed by atoms with E-state index in [9.17, 15) is 32.7 Å². The van der Waals surface area contributed by atoms with E-state index < -0.39 is 48.2 Å². The molecule has 2 amide bonds. The van der Waals surface area contributed by atoms with Crippen molar-refractivity contribution in [1.29, 1.82) is 5.41 Å². The Labute approximate surface area is 253 Å². The molecule has 234 valence electrons. The molecule has 0 saturated heterocycles. The Balaban J connectivity index is 1.76. The second-order valence-corrected chi connectivity index (χ2v) is 10.9. The van der Waals surface area contributed by atoms with Crippen LogP contribution in [0.2, 0.25) is 0 Å². The molecule has 0 atom stereocenters. The first-order chi connectivity index (χ1) is 20.6. The van der Waals surface area contributed by atoms with Crippen molar-refractivity contribution >= 4 is 29.2 Å². The lowest BCUT2D eigenvalue weighted by atomic mass is 10.0. The summed E-state index contributed by atoms with van der Waals surface area (Å²) < 4.78 is 50.8. The Morgan fingerprint density at radius 3 is 2.09 bits per heavy atom. The highest BCUT2D eigenvalue weighted by Crippen LogP contribution is 2.34. The zero-order valence-corrected chi connectivity index (χ0v) is 24.7. The molecule has 9 nitrogen and oxygen atoms in total. The number of aliphatic hydroxyl groups excluding tert-OH is 1. The fraction of sp³-hybridized carbons (Fsp3) is 0.312. The van der Waals surface area contributed by atoms with E-state index in [1.54, 1.807) is 45.0 Å². The molecule has 0 unspecified atom stereocenters. The largest absolute Gasteiger partial charge is 0.497 e. The minimum atomic E-state index is -4.68. The molecule has 44 heavy (non-hydrogen) atoms. The highest BCUT2D eigenvalue weighted by molar-refractivity contribution is 5.99. The van der Waals surface area contributed by atoms with Crippen LogP contribution in [-0.4, -0.2) is 59.4 Å². The number of nitrogens with zero attached hydrogens (tertiary/aromatic N) is 1. The van der Waals surface area contributed by atoms with Gasteiger partial charge in [-0.1, -0.05) is 30.3 Å². The number of aliphatic hydroxyl groups is 1. The molecule has 0 fully saturated rings. The number of halogens is 3. The molecule has 0 heterocycles. The molecule has 3 N–H and O–H groups in total. The molecule has 3 aromatic rings. The summed E-state index contributed by atoms with van der Waals surface area (Å²) >= 11 is 0. The highest BCUT2D eigenvalue weighted by Gasteiger charge is 2.34. The smallest absolute Gasteiger partial charge is 0.416 e. The fourth-order valence-corrected chi connectivity index (χ4v) is 4.21. The number of hydrogen-bond acceptors (Lipinski definition) is 7. The number of carbonyl (C=O) groups excluding carboxylic acids is 3. The van der Waals surface area contributed by atoms with Gasteiger partial charge in [0.2, 0.25) is 5.91 Å². The number of hydrogen-bond donors (Lipinski definition) is 3. The molecular formula is C32H34F3N3O6. The molecule has 0 aliphatic carbocycles. The first-order valence-corrected chi connectivity index (χ1v) is 13.5. The maximum atomic E-state index is 13.5. The summed E-state index contributed by atoms with van der Waals surface area (Å²) in [5.74, 6) is -1.80. The van der Waals surface area contributed by atoms with E-state index in [0.29, 0.717) is 11.1 Å². The Morgan fingerprint density at radius 1 is 0.932 bits per heavy atom. The van der Waals surface area contributed by atoms with Crippen molar-refractivity contribution in [3.05, 3.63) is 94.5 Å². The van der Waals surface area contributed by atoms with Crippen LogP contribution in [0.4, 0.5) is 18.9 Å². The van der Waals surface area contributed by atoms with Crippen LogP contribution in [0.15, 0.2) is 66.7 Å². The fourth-order valence-electron chi connectivity index (χ4n) is 4.21. The van der Waals surface area contributed by atoms with Crippen LogP contribution < -0.4 is 10.1 Å². The van der Waals surface area contributed by atoms with E-state index in [1.165, 1.54) is 48.4 Å². The molecule has 3 rings (SSSR count). The normalized spacial score (nSPS) is 11.5. The zero-order valence-electron chi connectivity index (χ0n) is 24.7. The van der Waals surface area contributed by atoms with Gasteiger partial charge in [-0.05, 0) is 73.9 Å². The number of amides is 2. The summed E-state index contributed by atoms with van der Waals surface area (Å²) in [6, 6.07) is 15.7. The lowest BCUT2D eigenvalue weighted by Crippen LogP contribution is -2.38. The number of nitrogens with one attached hydrogen (secondary N) is 2. The number of alkyl halides is 3. The summed E-state index contributed by atoms with van der Waals surface area (Å²) in [7, 11) is 1.25. The number of benzene rings is 3. The number of methoxy groups -OCH3 is 1. The van der Waals surface area contributed by atoms with Crippen molar-refractivity contribution < 1.29 is 42.1 Å². The maximum Gasteiger partial charge on any atom is 0.416 e. The summed E-state index contributed by atoms with van der Waals surface area (Å²) in [5, 5.41) is 19.5. The van der Waals surface area contributed by atoms with Crippen molar-refractivity contribution in [3.63, 3.8) is 0 Å².